The van der Waals surface area contributed by atoms with Crippen molar-refractivity contribution in [1.82, 2.24) is 15.3 Å². The summed E-state index contributed by atoms with van der Waals surface area (Å²) in [6, 6.07) is 17.0. The van der Waals surface area contributed by atoms with Crippen LogP contribution >= 0.6 is 11.3 Å². The van der Waals surface area contributed by atoms with Crippen LogP contribution in [0.1, 0.15) is 36.1 Å². The van der Waals surface area contributed by atoms with Crippen LogP contribution in [0.4, 0.5) is 11.8 Å². The summed E-state index contributed by atoms with van der Waals surface area (Å²) in [5.41, 5.74) is 2.43. The van der Waals surface area contributed by atoms with Gasteiger partial charge in [0.1, 0.15) is 5.82 Å². The van der Waals surface area contributed by atoms with Crippen LogP contribution in [-0.4, -0.2) is 37.2 Å². The normalized spacial score (nSPS) is 18.4. The van der Waals surface area contributed by atoms with Crippen molar-refractivity contribution in [3.05, 3.63) is 59.0 Å². The Kier molecular flexibility index (Phi) is 6.97. The molecule has 0 saturated heterocycles. The van der Waals surface area contributed by atoms with E-state index in [9.17, 15) is 0 Å². The topological polar surface area (TPSA) is 53.1 Å². The number of fused-ring (bicyclic) bond motifs is 2. The van der Waals surface area contributed by atoms with Gasteiger partial charge in [0.05, 0.1) is 5.52 Å². The van der Waals surface area contributed by atoms with Crippen LogP contribution in [0.5, 0.6) is 0 Å². The third-order valence-electron chi connectivity index (χ3n) is 7.18. The molecule has 0 unspecified atom stereocenters. The van der Waals surface area contributed by atoms with Gasteiger partial charge in [0.25, 0.3) is 0 Å². The maximum Gasteiger partial charge on any atom is 0.225 e. The van der Waals surface area contributed by atoms with Gasteiger partial charge < -0.3 is 15.5 Å². The van der Waals surface area contributed by atoms with Gasteiger partial charge in [0, 0.05) is 42.1 Å². The largest absolute Gasteiger partial charge is 0.362 e. The highest BCUT2D eigenvalue weighted by atomic mass is 32.1. The number of aromatic nitrogens is 2. The molecule has 2 N–H and O–H groups in total. The number of hydrogen-bond acceptors (Lipinski definition) is 6. The van der Waals surface area contributed by atoms with E-state index in [-0.39, 0.29) is 0 Å². The highest BCUT2D eigenvalue weighted by molar-refractivity contribution is 7.19. The summed E-state index contributed by atoms with van der Waals surface area (Å²) < 4.78 is 1.40. The van der Waals surface area contributed by atoms with Gasteiger partial charge in [0.2, 0.25) is 5.95 Å². The lowest BCUT2D eigenvalue weighted by atomic mass is 9.82. The molecule has 4 aromatic rings. The number of anilines is 2. The fourth-order valence-electron chi connectivity index (χ4n) is 5.14. The monoisotopic (exact) mass is 473 g/mol. The zero-order valence-corrected chi connectivity index (χ0v) is 21.3. The molecule has 1 saturated carbocycles. The SMILES string of the molecule is Cc1c(CNCC2CCC(CNc3nc(N(C)C)c4ccccc4n3)CC2)sc2ccccc12. The van der Waals surface area contributed by atoms with Crippen molar-refractivity contribution < 1.29 is 0 Å². The van der Waals surface area contributed by atoms with Gasteiger partial charge in [-0.3, -0.25) is 0 Å². The van der Waals surface area contributed by atoms with Crippen molar-refractivity contribution >= 4 is 44.1 Å². The minimum Gasteiger partial charge on any atom is -0.362 e. The standard InChI is InChI=1S/C28H35N5S/c1-19-22-8-5-7-11-25(22)34-26(19)18-29-16-20-12-14-21(15-13-20)17-30-28-31-24-10-6-4-9-23(24)27(32-28)33(2)3/h4-11,20-21,29H,12-18H2,1-3H3,(H,30,31,32). The number of nitrogens with zero attached hydrogens (tertiary/aromatic N) is 3. The number of para-hydroxylation sites is 1. The molecule has 2 aromatic carbocycles. The molecule has 1 aliphatic carbocycles. The van der Waals surface area contributed by atoms with Crippen molar-refractivity contribution in [2.75, 3.05) is 37.4 Å². The molecule has 178 valence electrons. The average Bonchev–Trinajstić information content (AvgIpc) is 3.18. The lowest BCUT2D eigenvalue weighted by Crippen LogP contribution is -2.28. The minimum absolute atomic E-state index is 0.693. The van der Waals surface area contributed by atoms with Crippen molar-refractivity contribution in [3.8, 4) is 0 Å². The second-order valence-corrected chi connectivity index (χ2v) is 11.0. The summed E-state index contributed by atoms with van der Waals surface area (Å²) in [5, 5.41) is 9.79. The molecule has 0 radical (unpaired) electrons. The molecule has 0 atom stereocenters. The molecule has 1 aliphatic rings. The maximum atomic E-state index is 4.79. The molecule has 1 fully saturated rings. The predicted molar refractivity (Wildman–Crippen MR) is 146 cm³/mol. The number of hydrogen-bond donors (Lipinski definition) is 2. The van der Waals surface area contributed by atoms with E-state index in [0.717, 1.165) is 48.2 Å². The summed E-state index contributed by atoms with van der Waals surface area (Å²) >= 11 is 1.93. The van der Waals surface area contributed by atoms with Crippen LogP contribution in [0.25, 0.3) is 21.0 Å². The average molecular weight is 474 g/mol. The van der Waals surface area contributed by atoms with E-state index < -0.39 is 0 Å². The summed E-state index contributed by atoms with van der Waals surface area (Å²) in [6.07, 6.45) is 5.14. The third-order valence-corrected chi connectivity index (χ3v) is 8.46. The van der Waals surface area contributed by atoms with Crippen LogP contribution < -0.4 is 15.5 Å². The molecule has 5 nitrogen and oxygen atoms in total. The van der Waals surface area contributed by atoms with Crippen molar-refractivity contribution in [2.45, 2.75) is 39.2 Å². The molecule has 0 aliphatic heterocycles. The lowest BCUT2D eigenvalue weighted by Gasteiger charge is -2.29. The molecule has 34 heavy (non-hydrogen) atoms. The number of aryl methyl sites for hydroxylation is 1. The van der Waals surface area contributed by atoms with E-state index in [1.54, 1.807) is 0 Å². The third kappa shape index (κ3) is 5.03. The Morgan fingerprint density at radius 3 is 2.29 bits per heavy atom. The van der Waals surface area contributed by atoms with Gasteiger partial charge in [0.15, 0.2) is 0 Å². The molecule has 6 heteroatoms. The van der Waals surface area contributed by atoms with E-state index in [4.69, 9.17) is 9.97 Å². The van der Waals surface area contributed by atoms with E-state index in [1.165, 1.54) is 46.2 Å². The Morgan fingerprint density at radius 1 is 0.882 bits per heavy atom. The van der Waals surface area contributed by atoms with Crippen LogP contribution in [0.3, 0.4) is 0 Å². The van der Waals surface area contributed by atoms with Crippen LogP contribution in [0.2, 0.25) is 0 Å². The summed E-state index contributed by atoms with van der Waals surface area (Å²) in [7, 11) is 4.08. The molecule has 5 rings (SSSR count). The first kappa shape index (κ1) is 23.1. The van der Waals surface area contributed by atoms with Crippen LogP contribution in [-0.2, 0) is 6.54 Å². The predicted octanol–water partition coefficient (Wildman–Crippen LogP) is 6.23. The van der Waals surface area contributed by atoms with Crippen LogP contribution in [0.15, 0.2) is 48.5 Å². The summed E-state index contributed by atoms with van der Waals surface area (Å²) in [6.45, 7) is 5.31. The summed E-state index contributed by atoms with van der Waals surface area (Å²) in [4.78, 5) is 13.1. The van der Waals surface area contributed by atoms with Gasteiger partial charge in [-0.25, -0.2) is 4.98 Å². The molecule has 2 heterocycles. The van der Waals surface area contributed by atoms with E-state index in [0.29, 0.717) is 5.92 Å². The first-order valence-electron chi connectivity index (χ1n) is 12.4. The molecular formula is C28H35N5S. The first-order valence-corrected chi connectivity index (χ1v) is 13.3. The highest BCUT2D eigenvalue weighted by Crippen LogP contribution is 2.32. The van der Waals surface area contributed by atoms with Gasteiger partial charge in [-0.1, -0.05) is 30.3 Å². The molecular weight excluding hydrogens is 438 g/mol. The number of nitrogens with one attached hydrogen (secondary N) is 2. The fourth-order valence-corrected chi connectivity index (χ4v) is 6.32. The maximum absolute atomic E-state index is 4.79. The number of thiophene rings is 1. The summed E-state index contributed by atoms with van der Waals surface area (Å²) in [5.74, 6) is 3.18. The van der Waals surface area contributed by atoms with Gasteiger partial charge >= 0.3 is 0 Å². The second kappa shape index (κ2) is 10.3. The van der Waals surface area contributed by atoms with Crippen molar-refractivity contribution in [1.29, 1.82) is 0 Å². The van der Waals surface area contributed by atoms with E-state index in [2.05, 4.69) is 58.9 Å². The Labute approximate surface area is 206 Å². The Morgan fingerprint density at radius 2 is 1.56 bits per heavy atom. The Bertz CT molecular complexity index is 1260. The fraction of sp³-hybridized carbons (Fsp3) is 0.429. The van der Waals surface area contributed by atoms with Crippen molar-refractivity contribution in [3.63, 3.8) is 0 Å². The van der Waals surface area contributed by atoms with E-state index in [1.807, 2.05) is 37.6 Å². The lowest BCUT2D eigenvalue weighted by molar-refractivity contribution is 0.275. The highest BCUT2D eigenvalue weighted by Gasteiger charge is 2.21. The molecule has 0 amide bonds. The van der Waals surface area contributed by atoms with Crippen molar-refractivity contribution in [2.24, 2.45) is 11.8 Å². The quantitative estimate of drug-likeness (QED) is 0.318. The van der Waals surface area contributed by atoms with Crippen LogP contribution in [0, 0.1) is 18.8 Å². The van der Waals surface area contributed by atoms with Gasteiger partial charge in [-0.2, -0.15) is 4.98 Å². The van der Waals surface area contributed by atoms with E-state index >= 15 is 0 Å². The Hall–Kier alpha value is -2.70. The Balaban J connectivity index is 1.10. The number of rotatable bonds is 8. The van der Waals surface area contributed by atoms with Gasteiger partial charge in [-0.05, 0) is 80.1 Å². The second-order valence-electron chi connectivity index (χ2n) is 9.83. The number of benzene rings is 2. The zero-order chi connectivity index (χ0) is 23.5. The smallest absolute Gasteiger partial charge is 0.225 e. The molecule has 2 aromatic heterocycles. The molecule has 0 spiro atoms. The zero-order valence-electron chi connectivity index (χ0n) is 20.5. The molecule has 0 bridgehead atoms. The minimum atomic E-state index is 0.693. The van der Waals surface area contributed by atoms with Gasteiger partial charge in [-0.15, -0.1) is 11.3 Å². The first-order chi connectivity index (χ1) is 16.6.